The standard InChI is InChI=1S/C9H19NOS/c1-8(2)12(10,11)9-6-4-3-5-7-9/h8-10H,3-7H2,1-2H3/t12-/m1/s1. The molecule has 1 aliphatic carbocycles. The highest BCUT2D eigenvalue weighted by atomic mass is 32.2. The summed E-state index contributed by atoms with van der Waals surface area (Å²) >= 11 is 0. The first kappa shape index (κ1) is 10.0. The van der Waals surface area contributed by atoms with Crippen LogP contribution >= 0.6 is 0 Å². The molecule has 12 heavy (non-hydrogen) atoms. The van der Waals surface area contributed by atoms with Gasteiger partial charge >= 0.3 is 0 Å². The lowest BCUT2D eigenvalue weighted by Gasteiger charge is -2.26. The summed E-state index contributed by atoms with van der Waals surface area (Å²) in [6.07, 6.45) is 5.64. The number of hydrogen-bond donors (Lipinski definition) is 1. The molecule has 3 heteroatoms. The summed E-state index contributed by atoms with van der Waals surface area (Å²) in [6, 6.07) is 0. The summed E-state index contributed by atoms with van der Waals surface area (Å²) in [6.45, 7) is 3.81. The van der Waals surface area contributed by atoms with E-state index >= 15 is 0 Å². The van der Waals surface area contributed by atoms with Crippen molar-refractivity contribution in [2.75, 3.05) is 0 Å². The third kappa shape index (κ3) is 2.00. The lowest BCUT2D eigenvalue weighted by atomic mass is 10.0. The Balaban J connectivity index is 2.67. The highest BCUT2D eigenvalue weighted by molar-refractivity contribution is 7.93. The van der Waals surface area contributed by atoms with Gasteiger partial charge in [-0.15, -0.1) is 0 Å². The van der Waals surface area contributed by atoms with E-state index in [2.05, 4.69) is 0 Å². The maximum atomic E-state index is 11.9. The fourth-order valence-corrected chi connectivity index (χ4v) is 3.60. The fraction of sp³-hybridized carbons (Fsp3) is 1.00. The molecular weight excluding hydrogens is 170 g/mol. The van der Waals surface area contributed by atoms with Gasteiger partial charge in [-0.05, 0) is 12.8 Å². The Hall–Kier alpha value is -0.0500. The molecule has 0 saturated heterocycles. The molecule has 1 rings (SSSR count). The topological polar surface area (TPSA) is 40.9 Å². The number of rotatable bonds is 2. The first-order valence-corrected chi connectivity index (χ1v) is 6.50. The van der Waals surface area contributed by atoms with Crippen molar-refractivity contribution >= 4 is 9.73 Å². The maximum absolute atomic E-state index is 11.9. The minimum Gasteiger partial charge on any atom is -0.252 e. The molecule has 0 radical (unpaired) electrons. The monoisotopic (exact) mass is 189 g/mol. The van der Waals surface area contributed by atoms with E-state index in [0.29, 0.717) is 0 Å². The van der Waals surface area contributed by atoms with Gasteiger partial charge in [-0.1, -0.05) is 33.1 Å². The van der Waals surface area contributed by atoms with Crippen molar-refractivity contribution < 1.29 is 4.21 Å². The van der Waals surface area contributed by atoms with Crippen LogP contribution < -0.4 is 0 Å². The van der Waals surface area contributed by atoms with Crippen LogP contribution in [0.25, 0.3) is 0 Å². The zero-order chi connectivity index (χ0) is 9.19. The van der Waals surface area contributed by atoms with Crippen LogP contribution in [0.3, 0.4) is 0 Å². The predicted molar refractivity (Wildman–Crippen MR) is 52.9 cm³/mol. The molecule has 0 amide bonds. The Labute approximate surface area is 75.7 Å². The molecule has 1 N–H and O–H groups in total. The van der Waals surface area contributed by atoms with E-state index in [9.17, 15) is 4.21 Å². The van der Waals surface area contributed by atoms with Gasteiger partial charge in [-0.2, -0.15) is 0 Å². The molecule has 1 fully saturated rings. The first-order chi connectivity index (χ1) is 5.55. The predicted octanol–water partition coefficient (Wildman–Crippen LogP) is 2.77. The Morgan fingerprint density at radius 3 is 2.17 bits per heavy atom. The van der Waals surface area contributed by atoms with Crippen molar-refractivity contribution in [3.8, 4) is 0 Å². The van der Waals surface area contributed by atoms with Gasteiger partial charge in [-0.25, -0.2) is 4.21 Å². The molecule has 1 atom stereocenters. The zero-order valence-electron chi connectivity index (χ0n) is 8.01. The van der Waals surface area contributed by atoms with Crippen LogP contribution in [0.5, 0.6) is 0 Å². The average Bonchev–Trinajstić information content (AvgIpc) is 2.06. The minimum atomic E-state index is -2.30. The second-order valence-electron chi connectivity index (χ2n) is 3.96. The van der Waals surface area contributed by atoms with E-state index in [4.69, 9.17) is 4.78 Å². The fourth-order valence-electron chi connectivity index (χ4n) is 1.80. The van der Waals surface area contributed by atoms with Gasteiger partial charge in [-0.3, -0.25) is 4.78 Å². The van der Waals surface area contributed by atoms with Gasteiger partial charge in [0.05, 0.1) is 0 Å². The molecule has 1 saturated carbocycles. The summed E-state index contributed by atoms with van der Waals surface area (Å²) in [5.41, 5.74) is 0. The Kier molecular flexibility index (Phi) is 3.16. The van der Waals surface area contributed by atoms with E-state index in [1.807, 2.05) is 13.8 Å². The zero-order valence-corrected chi connectivity index (χ0v) is 8.82. The largest absolute Gasteiger partial charge is 0.252 e. The minimum absolute atomic E-state index is 0.0283. The number of nitrogens with one attached hydrogen (secondary N) is 1. The summed E-state index contributed by atoms with van der Waals surface area (Å²) < 4.78 is 19.7. The highest BCUT2D eigenvalue weighted by Crippen LogP contribution is 2.26. The molecule has 0 heterocycles. The van der Waals surface area contributed by atoms with Crippen molar-refractivity contribution in [1.29, 1.82) is 4.78 Å². The second-order valence-corrected chi connectivity index (χ2v) is 6.86. The number of hydrogen-bond acceptors (Lipinski definition) is 2. The molecule has 2 nitrogen and oxygen atoms in total. The Morgan fingerprint density at radius 2 is 1.75 bits per heavy atom. The molecule has 72 valence electrons. The maximum Gasteiger partial charge on any atom is 0.0494 e. The van der Waals surface area contributed by atoms with Crippen LogP contribution in [-0.2, 0) is 9.73 Å². The van der Waals surface area contributed by atoms with Crippen LogP contribution in [0.2, 0.25) is 0 Å². The van der Waals surface area contributed by atoms with E-state index in [1.165, 1.54) is 19.3 Å². The lowest BCUT2D eigenvalue weighted by Crippen LogP contribution is -2.29. The second kappa shape index (κ2) is 3.77. The highest BCUT2D eigenvalue weighted by Gasteiger charge is 2.26. The SMILES string of the molecule is CC(C)[S@@](=N)(=O)C1CCCCC1. The van der Waals surface area contributed by atoms with Crippen molar-refractivity contribution in [2.45, 2.75) is 56.5 Å². The molecule has 1 aliphatic rings. The van der Waals surface area contributed by atoms with Crippen LogP contribution in [0.1, 0.15) is 46.0 Å². The Morgan fingerprint density at radius 1 is 1.25 bits per heavy atom. The van der Waals surface area contributed by atoms with Gasteiger partial charge in [0.1, 0.15) is 0 Å². The van der Waals surface area contributed by atoms with E-state index in [-0.39, 0.29) is 10.5 Å². The molecule has 0 spiro atoms. The van der Waals surface area contributed by atoms with Crippen molar-refractivity contribution in [3.63, 3.8) is 0 Å². The first-order valence-electron chi connectivity index (χ1n) is 4.81. The molecule has 0 aliphatic heterocycles. The molecule has 0 aromatic heterocycles. The van der Waals surface area contributed by atoms with Gasteiger partial charge in [0, 0.05) is 20.2 Å². The summed E-state index contributed by atoms with van der Waals surface area (Å²) in [5, 5.41) is 0.215. The normalized spacial score (nSPS) is 25.6. The molecular formula is C9H19NOS. The third-order valence-electron chi connectivity index (χ3n) is 2.75. The van der Waals surface area contributed by atoms with Gasteiger partial charge in [0.15, 0.2) is 0 Å². The molecule has 0 bridgehead atoms. The van der Waals surface area contributed by atoms with E-state index < -0.39 is 9.73 Å². The van der Waals surface area contributed by atoms with Crippen LogP contribution in [0, 0.1) is 4.78 Å². The molecule has 0 aromatic carbocycles. The summed E-state index contributed by atoms with van der Waals surface area (Å²) in [5.74, 6) is 0. The lowest BCUT2D eigenvalue weighted by molar-refractivity contribution is 0.499. The van der Waals surface area contributed by atoms with Crippen molar-refractivity contribution in [2.24, 2.45) is 0 Å². The van der Waals surface area contributed by atoms with Gasteiger partial charge < -0.3 is 0 Å². The average molecular weight is 189 g/mol. The third-order valence-corrected chi connectivity index (χ3v) is 5.61. The molecule has 0 aromatic rings. The quantitative estimate of drug-likeness (QED) is 0.713. The molecule has 0 unspecified atom stereocenters. The van der Waals surface area contributed by atoms with Gasteiger partial charge in [0.2, 0.25) is 0 Å². The van der Waals surface area contributed by atoms with Crippen LogP contribution in [-0.4, -0.2) is 14.7 Å². The summed E-state index contributed by atoms with van der Waals surface area (Å²) in [4.78, 5) is 0. The van der Waals surface area contributed by atoms with Crippen LogP contribution in [0.15, 0.2) is 0 Å². The smallest absolute Gasteiger partial charge is 0.0494 e. The summed E-state index contributed by atoms with van der Waals surface area (Å²) in [7, 11) is -2.30. The Bertz CT molecular complexity index is 225. The van der Waals surface area contributed by atoms with Crippen molar-refractivity contribution in [1.82, 2.24) is 0 Å². The van der Waals surface area contributed by atoms with E-state index in [1.54, 1.807) is 0 Å². The van der Waals surface area contributed by atoms with Gasteiger partial charge in [0.25, 0.3) is 0 Å². The van der Waals surface area contributed by atoms with E-state index in [0.717, 1.165) is 12.8 Å². The van der Waals surface area contributed by atoms with Crippen molar-refractivity contribution in [3.05, 3.63) is 0 Å². The van der Waals surface area contributed by atoms with Crippen LogP contribution in [0.4, 0.5) is 0 Å².